The molecule has 0 aliphatic heterocycles. The molecule has 0 radical (unpaired) electrons. The third kappa shape index (κ3) is 4.54. The molecule has 1 atom stereocenters. The van der Waals surface area contributed by atoms with Crippen molar-refractivity contribution in [1.82, 2.24) is 30.2 Å². The monoisotopic (exact) mass is 415 g/mol. The molecule has 8 heteroatoms. The van der Waals surface area contributed by atoms with Crippen LogP contribution in [0.25, 0.3) is 28.2 Å². The molecule has 1 unspecified atom stereocenters. The van der Waals surface area contributed by atoms with E-state index in [0.29, 0.717) is 29.0 Å². The molecule has 0 aliphatic carbocycles. The summed E-state index contributed by atoms with van der Waals surface area (Å²) in [6, 6.07) is 15.3. The lowest BCUT2D eigenvalue weighted by Crippen LogP contribution is -2.38. The van der Waals surface area contributed by atoms with Gasteiger partial charge in [0.2, 0.25) is 0 Å². The van der Waals surface area contributed by atoms with Gasteiger partial charge in [0.05, 0.1) is 23.1 Å². The maximum absolute atomic E-state index is 12.7. The molecule has 0 bridgehead atoms. The summed E-state index contributed by atoms with van der Waals surface area (Å²) in [4.78, 5) is 21.9. The maximum atomic E-state index is 12.7. The molecule has 0 saturated heterocycles. The fraction of sp³-hybridized carbons (Fsp3) is 0.217. The molecular formula is C23H25N7O. The first-order valence-corrected chi connectivity index (χ1v) is 10.2. The summed E-state index contributed by atoms with van der Waals surface area (Å²) in [7, 11) is 0. The molecule has 0 saturated carbocycles. The Morgan fingerprint density at radius 2 is 1.94 bits per heavy atom. The number of carbonyl (C=O) groups is 1. The first kappa shape index (κ1) is 20.5. The van der Waals surface area contributed by atoms with E-state index in [2.05, 4.69) is 20.7 Å². The van der Waals surface area contributed by atoms with Crippen LogP contribution in [0.4, 0.5) is 5.82 Å². The number of benzene rings is 1. The Labute approximate surface area is 180 Å². The van der Waals surface area contributed by atoms with Gasteiger partial charge >= 0.3 is 0 Å². The van der Waals surface area contributed by atoms with Crippen LogP contribution in [0.5, 0.6) is 0 Å². The number of nitrogens with two attached hydrogens (primary N) is 1. The van der Waals surface area contributed by atoms with Gasteiger partial charge in [-0.25, -0.2) is 14.5 Å². The summed E-state index contributed by atoms with van der Waals surface area (Å²) in [6.07, 6.45) is 3.55. The number of rotatable bonds is 7. The summed E-state index contributed by atoms with van der Waals surface area (Å²) in [5, 5.41) is 10.6. The Kier molecular flexibility index (Phi) is 5.90. The van der Waals surface area contributed by atoms with E-state index in [1.807, 2.05) is 56.4 Å². The average Bonchev–Trinajstić information content (AvgIpc) is 3.21. The second kappa shape index (κ2) is 8.93. The second-order valence-electron chi connectivity index (χ2n) is 7.34. The van der Waals surface area contributed by atoms with Crippen LogP contribution in [0.2, 0.25) is 0 Å². The van der Waals surface area contributed by atoms with Gasteiger partial charge in [0.25, 0.3) is 5.91 Å². The number of nitrogens with one attached hydrogen (secondary N) is 2. The Hall–Kier alpha value is -3.78. The smallest absolute Gasteiger partial charge is 0.251 e. The summed E-state index contributed by atoms with van der Waals surface area (Å²) in [5.41, 5.74) is 10.2. The van der Waals surface area contributed by atoms with E-state index in [-0.39, 0.29) is 17.8 Å². The molecule has 1 amide bonds. The molecule has 0 spiro atoms. The summed E-state index contributed by atoms with van der Waals surface area (Å²) in [6.45, 7) is 5.41. The molecule has 0 aliphatic rings. The fourth-order valence-corrected chi connectivity index (χ4v) is 3.41. The number of anilines is 1. The molecule has 4 N–H and O–H groups in total. The minimum atomic E-state index is -0.200. The van der Waals surface area contributed by atoms with Gasteiger partial charge in [-0.2, -0.15) is 5.10 Å². The lowest BCUT2D eigenvalue weighted by Gasteiger charge is -2.13. The van der Waals surface area contributed by atoms with Crippen LogP contribution >= 0.6 is 0 Å². The zero-order valence-electron chi connectivity index (χ0n) is 17.5. The third-order valence-electron chi connectivity index (χ3n) is 4.94. The van der Waals surface area contributed by atoms with Crippen LogP contribution in [0.3, 0.4) is 0 Å². The molecule has 3 aromatic heterocycles. The summed E-state index contributed by atoms with van der Waals surface area (Å²) < 4.78 is 1.69. The van der Waals surface area contributed by atoms with Crippen LogP contribution in [0.15, 0.2) is 60.9 Å². The number of pyridine rings is 1. The van der Waals surface area contributed by atoms with E-state index in [9.17, 15) is 4.79 Å². The number of fused-ring (bicyclic) bond motifs is 1. The Bertz CT molecular complexity index is 1200. The summed E-state index contributed by atoms with van der Waals surface area (Å²) >= 11 is 0. The highest BCUT2D eigenvalue weighted by atomic mass is 16.1. The first-order valence-electron chi connectivity index (χ1n) is 10.2. The molecule has 158 valence electrons. The van der Waals surface area contributed by atoms with Gasteiger partial charge in [0.1, 0.15) is 5.82 Å². The van der Waals surface area contributed by atoms with E-state index in [1.54, 1.807) is 22.8 Å². The van der Waals surface area contributed by atoms with Crippen LogP contribution < -0.4 is 16.4 Å². The van der Waals surface area contributed by atoms with Gasteiger partial charge in [-0.05, 0) is 31.7 Å². The van der Waals surface area contributed by atoms with Crippen molar-refractivity contribution in [2.75, 3.05) is 18.8 Å². The van der Waals surface area contributed by atoms with Crippen molar-refractivity contribution in [3.05, 3.63) is 66.5 Å². The molecule has 3 heterocycles. The van der Waals surface area contributed by atoms with Crippen molar-refractivity contribution < 1.29 is 4.79 Å². The Morgan fingerprint density at radius 3 is 2.71 bits per heavy atom. The van der Waals surface area contributed by atoms with Gasteiger partial charge in [0, 0.05) is 29.9 Å². The van der Waals surface area contributed by atoms with Gasteiger partial charge in [-0.1, -0.05) is 37.3 Å². The lowest BCUT2D eigenvalue weighted by atomic mass is 10.1. The van der Waals surface area contributed by atoms with Crippen molar-refractivity contribution in [2.45, 2.75) is 19.9 Å². The summed E-state index contributed by atoms with van der Waals surface area (Å²) in [5.74, 6) is 0.0652. The Morgan fingerprint density at radius 1 is 1.13 bits per heavy atom. The predicted molar refractivity (Wildman–Crippen MR) is 122 cm³/mol. The molecular weight excluding hydrogens is 390 g/mol. The highest BCUT2D eigenvalue weighted by Gasteiger charge is 2.15. The number of carbonyl (C=O) groups excluding carboxylic acids is 1. The van der Waals surface area contributed by atoms with Gasteiger partial charge < -0.3 is 16.4 Å². The molecule has 4 aromatic rings. The van der Waals surface area contributed by atoms with Gasteiger partial charge in [-0.15, -0.1) is 0 Å². The fourth-order valence-electron chi connectivity index (χ4n) is 3.41. The number of nitrogen functional groups attached to an aromatic ring is 1. The quantitative estimate of drug-likeness (QED) is 0.428. The third-order valence-corrected chi connectivity index (χ3v) is 4.94. The Balaban J connectivity index is 1.67. The molecule has 0 fully saturated rings. The van der Waals surface area contributed by atoms with E-state index in [1.165, 1.54) is 0 Å². The topological polar surface area (TPSA) is 110 Å². The zero-order chi connectivity index (χ0) is 21.8. The van der Waals surface area contributed by atoms with E-state index in [0.717, 1.165) is 17.8 Å². The SMILES string of the molecule is CCNC(C)CNC(=O)c1cc(N)nc(-c2cnn3ccc(-c4ccccc4)nc23)c1. The van der Waals surface area contributed by atoms with Crippen molar-refractivity contribution >= 4 is 17.4 Å². The average molecular weight is 416 g/mol. The van der Waals surface area contributed by atoms with Crippen molar-refractivity contribution in [1.29, 1.82) is 0 Å². The zero-order valence-corrected chi connectivity index (χ0v) is 17.5. The van der Waals surface area contributed by atoms with Crippen molar-refractivity contribution in [3.63, 3.8) is 0 Å². The van der Waals surface area contributed by atoms with Crippen LogP contribution in [0.1, 0.15) is 24.2 Å². The molecule has 4 rings (SSSR count). The first-order chi connectivity index (χ1) is 15.0. The van der Waals surface area contributed by atoms with Crippen molar-refractivity contribution in [2.24, 2.45) is 0 Å². The lowest BCUT2D eigenvalue weighted by molar-refractivity contribution is 0.0950. The van der Waals surface area contributed by atoms with Crippen LogP contribution in [0, 0.1) is 0 Å². The largest absolute Gasteiger partial charge is 0.384 e. The van der Waals surface area contributed by atoms with E-state index < -0.39 is 0 Å². The molecule has 8 nitrogen and oxygen atoms in total. The maximum Gasteiger partial charge on any atom is 0.251 e. The van der Waals surface area contributed by atoms with Gasteiger partial charge in [-0.3, -0.25) is 4.79 Å². The van der Waals surface area contributed by atoms with Crippen molar-refractivity contribution in [3.8, 4) is 22.5 Å². The minimum Gasteiger partial charge on any atom is -0.384 e. The highest BCUT2D eigenvalue weighted by molar-refractivity contribution is 5.96. The normalized spacial score (nSPS) is 12.1. The molecule has 31 heavy (non-hydrogen) atoms. The minimum absolute atomic E-state index is 0.174. The van der Waals surface area contributed by atoms with Gasteiger partial charge in [0.15, 0.2) is 5.65 Å². The number of hydrogen-bond acceptors (Lipinski definition) is 6. The number of hydrogen-bond donors (Lipinski definition) is 3. The molecule has 1 aromatic carbocycles. The van der Waals surface area contributed by atoms with Crippen LogP contribution in [-0.4, -0.2) is 44.6 Å². The number of likely N-dealkylation sites (N-methyl/N-ethyl adjacent to an activating group) is 1. The number of amides is 1. The predicted octanol–water partition coefficient (Wildman–Crippen LogP) is 2.77. The highest BCUT2D eigenvalue weighted by Crippen LogP contribution is 2.26. The number of aromatic nitrogens is 4. The number of nitrogens with zero attached hydrogens (tertiary/aromatic N) is 4. The van der Waals surface area contributed by atoms with E-state index >= 15 is 0 Å². The second-order valence-corrected chi connectivity index (χ2v) is 7.34. The van der Waals surface area contributed by atoms with Crippen LogP contribution in [-0.2, 0) is 0 Å². The standard InChI is InChI=1S/C23H25N7O/c1-3-25-15(2)13-26-23(31)17-11-20(28-21(24)12-17)18-14-27-30-10-9-19(29-22(18)30)16-7-5-4-6-8-16/h4-12,14-15,25H,3,13H2,1-2H3,(H2,24,28)(H,26,31). The van der Waals surface area contributed by atoms with E-state index in [4.69, 9.17) is 10.7 Å².